The van der Waals surface area contributed by atoms with Crippen LogP contribution >= 0.6 is 11.3 Å². The summed E-state index contributed by atoms with van der Waals surface area (Å²) in [6.45, 7) is 3.84. The van der Waals surface area contributed by atoms with Crippen molar-refractivity contribution in [1.82, 2.24) is 4.90 Å². The first-order valence-electron chi connectivity index (χ1n) is 11.9. The van der Waals surface area contributed by atoms with Crippen molar-refractivity contribution < 1.29 is 4.79 Å². The number of anilines is 1. The molecule has 5 rings (SSSR count). The lowest BCUT2D eigenvalue weighted by atomic mass is 9.60. The zero-order valence-corrected chi connectivity index (χ0v) is 18.8. The summed E-state index contributed by atoms with van der Waals surface area (Å²) in [4.78, 5) is 19.0. The van der Waals surface area contributed by atoms with E-state index in [1.165, 1.54) is 64.6 Å². The number of likely N-dealkylation sites (tertiary alicyclic amines) is 1. The molecule has 160 valence electrons. The highest BCUT2D eigenvalue weighted by Crippen LogP contribution is 2.52. The lowest BCUT2D eigenvalue weighted by Crippen LogP contribution is -2.57. The van der Waals surface area contributed by atoms with E-state index in [9.17, 15) is 4.79 Å². The first kappa shape index (κ1) is 20.3. The van der Waals surface area contributed by atoms with Crippen LogP contribution < -0.4 is 4.90 Å². The van der Waals surface area contributed by atoms with E-state index in [2.05, 4.69) is 21.9 Å². The van der Waals surface area contributed by atoms with E-state index in [4.69, 9.17) is 0 Å². The number of amides is 1. The van der Waals surface area contributed by atoms with Gasteiger partial charge in [0.05, 0.1) is 4.88 Å². The molecule has 2 aliphatic carbocycles. The van der Waals surface area contributed by atoms with Gasteiger partial charge in [0.25, 0.3) is 5.91 Å². The minimum Gasteiger partial charge on any atom is -0.305 e. The molecular formula is C26H34N2OS. The molecule has 1 saturated heterocycles. The molecule has 2 saturated carbocycles. The molecule has 30 heavy (non-hydrogen) atoms. The van der Waals surface area contributed by atoms with E-state index >= 15 is 0 Å². The average molecular weight is 423 g/mol. The molecule has 0 N–H and O–H groups in total. The molecule has 1 aromatic heterocycles. The molecule has 1 aromatic carbocycles. The number of piperidine rings is 1. The zero-order chi connectivity index (χ0) is 20.4. The summed E-state index contributed by atoms with van der Waals surface area (Å²) in [7, 11) is 0. The topological polar surface area (TPSA) is 23.6 Å². The van der Waals surface area contributed by atoms with Gasteiger partial charge >= 0.3 is 0 Å². The number of benzene rings is 1. The van der Waals surface area contributed by atoms with Crippen molar-refractivity contribution in [1.29, 1.82) is 0 Å². The molecule has 4 heteroatoms. The third-order valence-electron chi connectivity index (χ3n) is 7.85. The number of hydrogen-bond donors (Lipinski definition) is 0. The van der Waals surface area contributed by atoms with Gasteiger partial charge in [-0.25, -0.2) is 0 Å². The van der Waals surface area contributed by atoms with E-state index in [0.29, 0.717) is 11.5 Å². The fourth-order valence-electron chi connectivity index (χ4n) is 6.08. The summed E-state index contributed by atoms with van der Waals surface area (Å²) in [6.07, 6.45) is 12.2. The lowest BCUT2D eigenvalue weighted by molar-refractivity contribution is 0.00915. The summed E-state index contributed by atoms with van der Waals surface area (Å²) < 4.78 is 0. The minimum atomic E-state index is 0.172. The second-order valence-corrected chi connectivity index (χ2v) is 10.8. The van der Waals surface area contributed by atoms with E-state index in [1.54, 1.807) is 11.3 Å². The maximum Gasteiger partial charge on any atom is 0.268 e. The highest BCUT2D eigenvalue weighted by molar-refractivity contribution is 7.12. The number of hydrogen-bond acceptors (Lipinski definition) is 3. The molecule has 0 radical (unpaired) electrons. The average Bonchev–Trinajstić information content (AvgIpc) is 3.30. The molecular weight excluding hydrogens is 388 g/mol. The van der Waals surface area contributed by atoms with Gasteiger partial charge in [-0.15, -0.1) is 11.3 Å². The van der Waals surface area contributed by atoms with Crippen LogP contribution in [0, 0.1) is 11.3 Å². The largest absolute Gasteiger partial charge is 0.305 e. The molecule has 2 aromatic rings. The summed E-state index contributed by atoms with van der Waals surface area (Å²) in [5, 5.41) is 2.00. The van der Waals surface area contributed by atoms with Gasteiger partial charge in [-0.3, -0.25) is 4.79 Å². The highest BCUT2D eigenvalue weighted by Gasteiger charge is 2.49. The Morgan fingerprint density at radius 2 is 1.73 bits per heavy atom. The molecule has 0 atom stereocenters. The van der Waals surface area contributed by atoms with Crippen LogP contribution in [0.25, 0.3) is 0 Å². The fraction of sp³-hybridized carbons (Fsp3) is 0.577. The number of thiophene rings is 1. The van der Waals surface area contributed by atoms with E-state index in [-0.39, 0.29) is 5.91 Å². The molecule has 3 nitrogen and oxygen atoms in total. The van der Waals surface area contributed by atoms with Crippen molar-refractivity contribution in [3.8, 4) is 0 Å². The highest BCUT2D eigenvalue weighted by atomic mass is 32.1. The molecule has 3 fully saturated rings. The lowest BCUT2D eigenvalue weighted by Gasteiger charge is -2.55. The SMILES string of the molecule is O=C(c1cccs1)N(c1ccccc1)C1CC2(CCN(CC3CCCCC3)CC2)C1. The van der Waals surface area contributed by atoms with Crippen LogP contribution in [0.15, 0.2) is 47.8 Å². The Balaban J connectivity index is 1.21. The van der Waals surface area contributed by atoms with Crippen LogP contribution in [-0.2, 0) is 0 Å². The van der Waals surface area contributed by atoms with Gasteiger partial charge in [-0.05, 0) is 86.5 Å². The Hall–Kier alpha value is -1.65. The van der Waals surface area contributed by atoms with Gasteiger partial charge in [0, 0.05) is 18.3 Å². The van der Waals surface area contributed by atoms with Crippen molar-refractivity contribution >= 4 is 22.9 Å². The first-order valence-corrected chi connectivity index (χ1v) is 12.7. The van der Waals surface area contributed by atoms with Crippen LogP contribution in [0.4, 0.5) is 5.69 Å². The second-order valence-electron chi connectivity index (χ2n) is 9.85. The fourth-order valence-corrected chi connectivity index (χ4v) is 6.74. The number of nitrogens with zero attached hydrogens (tertiary/aromatic N) is 2. The molecule has 1 spiro atoms. The van der Waals surface area contributed by atoms with Gasteiger partial charge in [-0.2, -0.15) is 0 Å². The van der Waals surface area contributed by atoms with Crippen LogP contribution in [0.2, 0.25) is 0 Å². The van der Waals surface area contributed by atoms with Crippen LogP contribution in [0.3, 0.4) is 0 Å². The van der Waals surface area contributed by atoms with Crippen LogP contribution in [-0.4, -0.2) is 36.5 Å². The van der Waals surface area contributed by atoms with Crippen LogP contribution in [0.5, 0.6) is 0 Å². The summed E-state index contributed by atoms with van der Waals surface area (Å²) >= 11 is 1.55. The van der Waals surface area contributed by atoms with E-state index < -0.39 is 0 Å². The smallest absolute Gasteiger partial charge is 0.268 e. The molecule has 0 bridgehead atoms. The normalized spacial score (nSPS) is 22.7. The standard InChI is InChI=1S/C26H34N2OS/c29-25(24-12-7-17-30-24)28(22-10-5-2-6-11-22)23-18-26(19-23)13-15-27(16-14-26)20-21-8-3-1-4-9-21/h2,5-7,10-12,17,21,23H,1,3-4,8-9,13-16,18-20H2. The van der Waals surface area contributed by atoms with Gasteiger partial charge in [-0.1, -0.05) is 43.5 Å². The molecule has 1 aliphatic heterocycles. The molecule has 2 heterocycles. The van der Waals surface area contributed by atoms with Crippen molar-refractivity contribution in [3.63, 3.8) is 0 Å². The monoisotopic (exact) mass is 422 g/mol. The molecule has 3 aliphatic rings. The number of carbonyl (C=O) groups is 1. The van der Waals surface area contributed by atoms with Crippen molar-refractivity contribution in [2.24, 2.45) is 11.3 Å². The number of para-hydroxylation sites is 1. The summed E-state index contributed by atoms with van der Waals surface area (Å²) in [5.74, 6) is 1.12. The zero-order valence-electron chi connectivity index (χ0n) is 18.0. The van der Waals surface area contributed by atoms with Gasteiger partial charge in [0.2, 0.25) is 0 Å². The number of carbonyl (C=O) groups excluding carboxylic acids is 1. The van der Waals surface area contributed by atoms with E-state index in [1.807, 2.05) is 35.7 Å². The molecule has 0 unspecified atom stereocenters. The Morgan fingerprint density at radius 3 is 2.40 bits per heavy atom. The predicted molar refractivity (Wildman–Crippen MR) is 125 cm³/mol. The van der Waals surface area contributed by atoms with Gasteiger partial charge in [0.1, 0.15) is 0 Å². The Bertz CT molecular complexity index is 812. The Kier molecular flexibility index (Phi) is 5.97. The first-order chi connectivity index (χ1) is 14.7. The van der Waals surface area contributed by atoms with Gasteiger partial charge in [0.15, 0.2) is 0 Å². The van der Waals surface area contributed by atoms with Crippen LogP contribution in [0.1, 0.15) is 67.5 Å². The van der Waals surface area contributed by atoms with Gasteiger partial charge < -0.3 is 9.80 Å². The summed E-state index contributed by atoms with van der Waals surface area (Å²) in [6, 6.07) is 14.6. The third kappa shape index (κ3) is 4.22. The number of rotatable bonds is 5. The maximum atomic E-state index is 13.3. The Morgan fingerprint density at radius 1 is 1.00 bits per heavy atom. The van der Waals surface area contributed by atoms with Crippen molar-refractivity contribution in [2.75, 3.05) is 24.5 Å². The maximum absolute atomic E-state index is 13.3. The predicted octanol–water partition coefficient (Wildman–Crippen LogP) is 6.22. The van der Waals surface area contributed by atoms with Crippen molar-refractivity contribution in [3.05, 3.63) is 52.7 Å². The minimum absolute atomic E-state index is 0.172. The molecule has 1 amide bonds. The quantitative estimate of drug-likeness (QED) is 0.571. The van der Waals surface area contributed by atoms with E-state index in [0.717, 1.165) is 29.3 Å². The van der Waals surface area contributed by atoms with Crippen molar-refractivity contribution in [2.45, 2.75) is 63.8 Å². The Labute approximate surface area is 185 Å². The second kappa shape index (κ2) is 8.84. The summed E-state index contributed by atoms with van der Waals surface area (Å²) in [5.41, 5.74) is 1.52. The third-order valence-corrected chi connectivity index (χ3v) is 8.70.